The number of non-ortho nitro benzene ring substituents is 1. The Morgan fingerprint density at radius 2 is 1.44 bits per heavy atom. The molecule has 1 aromatic carbocycles. The van der Waals surface area contributed by atoms with Crippen LogP contribution >= 0.6 is 0 Å². The standard InChI is InChI=1S/C21H32N4O2/c1-22-12-14-24(15-13-22)20-8-10-23(11-9-20)19-5-2-17-3-7-21(25(26)27)16-18(17)4-6-19/h3,7,16,19-20H,2,4-6,8-15H2,1H3. The van der Waals surface area contributed by atoms with E-state index in [1.807, 2.05) is 6.07 Å². The molecule has 0 spiro atoms. The fraction of sp³-hybridized carbons (Fsp3) is 0.714. The molecule has 2 saturated heterocycles. The number of hydrogen-bond donors (Lipinski definition) is 0. The quantitative estimate of drug-likeness (QED) is 0.464. The number of nitro groups is 1. The van der Waals surface area contributed by atoms with Crippen LogP contribution in [0.2, 0.25) is 0 Å². The van der Waals surface area contributed by atoms with Gasteiger partial charge in [0.2, 0.25) is 0 Å². The zero-order valence-corrected chi connectivity index (χ0v) is 16.5. The molecule has 0 radical (unpaired) electrons. The van der Waals surface area contributed by atoms with Crippen molar-refractivity contribution in [2.24, 2.45) is 0 Å². The van der Waals surface area contributed by atoms with Crippen LogP contribution in [-0.2, 0) is 12.8 Å². The van der Waals surface area contributed by atoms with E-state index in [-0.39, 0.29) is 10.6 Å². The zero-order chi connectivity index (χ0) is 18.8. The lowest BCUT2D eigenvalue weighted by Gasteiger charge is -2.44. The van der Waals surface area contributed by atoms with Gasteiger partial charge in [-0.1, -0.05) is 6.07 Å². The highest BCUT2D eigenvalue weighted by Gasteiger charge is 2.30. The van der Waals surface area contributed by atoms with Crippen molar-refractivity contribution in [3.8, 4) is 0 Å². The fourth-order valence-corrected chi connectivity index (χ4v) is 5.16. The largest absolute Gasteiger partial charge is 0.304 e. The lowest BCUT2D eigenvalue weighted by molar-refractivity contribution is -0.384. The van der Waals surface area contributed by atoms with E-state index in [1.54, 1.807) is 12.1 Å². The minimum Gasteiger partial charge on any atom is -0.304 e. The fourth-order valence-electron chi connectivity index (χ4n) is 5.16. The molecule has 1 unspecified atom stereocenters. The molecule has 148 valence electrons. The summed E-state index contributed by atoms with van der Waals surface area (Å²) in [5.41, 5.74) is 2.75. The third-order valence-corrected chi connectivity index (χ3v) is 6.96. The van der Waals surface area contributed by atoms with Crippen molar-refractivity contribution in [3.63, 3.8) is 0 Å². The second-order valence-corrected chi connectivity index (χ2v) is 8.55. The van der Waals surface area contributed by atoms with Crippen LogP contribution in [0.3, 0.4) is 0 Å². The molecule has 2 heterocycles. The lowest BCUT2D eigenvalue weighted by Crippen LogP contribution is -2.53. The molecular formula is C21H32N4O2. The first kappa shape index (κ1) is 18.8. The van der Waals surface area contributed by atoms with Crippen molar-refractivity contribution in [2.75, 3.05) is 46.3 Å². The lowest BCUT2D eigenvalue weighted by atomic mass is 9.98. The number of hydrogen-bond acceptors (Lipinski definition) is 5. The first-order valence-electron chi connectivity index (χ1n) is 10.5. The molecule has 6 nitrogen and oxygen atoms in total. The molecule has 1 aliphatic carbocycles. The Bertz CT molecular complexity index is 664. The minimum atomic E-state index is -0.272. The number of piperidine rings is 1. The van der Waals surface area contributed by atoms with Gasteiger partial charge in [-0.25, -0.2) is 0 Å². The van der Waals surface area contributed by atoms with Crippen LogP contribution in [0.5, 0.6) is 0 Å². The van der Waals surface area contributed by atoms with Crippen LogP contribution in [0.25, 0.3) is 0 Å². The van der Waals surface area contributed by atoms with Crippen molar-refractivity contribution in [3.05, 3.63) is 39.4 Å². The Balaban J connectivity index is 1.31. The summed E-state index contributed by atoms with van der Waals surface area (Å²) in [6, 6.07) is 6.85. The van der Waals surface area contributed by atoms with Crippen LogP contribution in [-0.4, -0.2) is 78.0 Å². The van der Waals surface area contributed by atoms with Gasteiger partial charge in [-0.05, 0) is 69.8 Å². The molecule has 1 atom stereocenters. The van der Waals surface area contributed by atoms with Crippen molar-refractivity contribution < 1.29 is 4.92 Å². The maximum Gasteiger partial charge on any atom is 0.269 e. The van der Waals surface area contributed by atoms with Crippen LogP contribution in [0.1, 0.15) is 36.8 Å². The van der Waals surface area contributed by atoms with Gasteiger partial charge in [0.05, 0.1) is 4.92 Å². The molecule has 2 fully saturated rings. The third kappa shape index (κ3) is 4.33. The number of rotatable bonds is 3. The highest BCUT2D eigenvalue weighted by Crippen LogP contribution is 2.29. The van der Waals surface area contributed by atoms with Crippen molar-refractivity contribution in [1.82, 2.24) is 14.7 Å². The maximum absolute atomic E-state index is 11.1. The number of likely N-dealkylation sites (N-methyl/N-ethyl adjacent to an activating group) is 1. The second kappa shape index (κ2) is 8.25. The maximum atomic E-state index is 11.1. The van der Waals surface area contributed by atoms with E-state index in [0.29, 0.717) is 6.04 Å². The average Bonchev–Trinajstić information content (AvgIpc) is 2.91. The Kier molecular flexibility index (Phi) is 5.76. The van der Waals surface area contributed by atoms with Crippen LogP contribution in [0.4, 0.5) is 5.69 Å². The van der Waals surface area contributed by atoms with Gasteiger partial charge in [-0.2, -0.15) is 0 Å². The molecule has 1 aromatic rings. The van der Waals surface area contributed by atoms with Crippen LogP contribution in [0.15, 0.2) is 18.2 Å². The van der Waals surface area contributed by atoms with Gasteiger partial charge in [-0.15, -0.1) is 0 Å². The van der Waals surface area contributed by atoms with E-state index >= 15 is 0 Å². The average molecular weight is 373 g/mol. The SMILES string of the molecule is CN1CCN(C2CCN(C3CCc4ccc([N+](=O)[O-])cc4CC3)CC2)CC1. The second-order valence-electron chi connectivity index (χ2n) is 8.55. The Labute approximate surface area is 162 Å². The van der Waals surface area contributed by atoms with Gasteiger partial charge in [-0.3, -0.25) is 15.0 Å². The third-order valence-electron chi connectivity index (χ3n) is 6.96. The van der Waals surface area contributed by atoms with Crippen LogP contribution < -0.4 is 0 Å². The molecule has 27 heavy (non-hydrogen) atoms. The Morgan fingerprint density at radius 1 is 0.852 bits per heavy atom. The summed E-state index contributed by atoms with van der Waals surface area (Å²) in [4.78, 5) is 18.6. The first-order chi connectivity index (χ1) is 13.1. The number of fused-ring (bicyclic) bond motifs is 1. The van der Waals surface area contributed by atoms with Crippen LogP contribution in [0, 0.1) is 10.1 Å². The molecule has 2 aliphatic heterocycles. The van der Waals surface area contributed by atoms with E-state index < -0.39 is 0 Å². The molecular weight excluding hydrogens is 340 g/mol. The number of nitrogens with zero attached hydrogens (tertiary/aromatic N) is 4. The predicted octanol–water partition coefficient (Wildman–Crippen LogP) is 2.55. The topological polar surface area (TPSA) is 52.9 Å². The molecule has 0 aromatic heterocycles. The van der Waals surface area contributed by atoms with Crippen molar-refractivity contribution >= 4 is 5.69 Å². The molecule has 6 heteroatoms. The summed E-state index contributed by atoms with van der Waals surface area (Å²) in [6.45, 7) is 7.26. The minimum absolute atomic E-state index is 0.236. The number of benzene rings is 1. The summed E-state index contributed by atoms with van der Waals surface area (Å²) < 4.78 is 0. The first-order valence-corrected chi connectivity index (χ1v) is 10.5. The number of piperazine rings is 1. The van der Waals surface area contributed by atoms with E-state index in [9.17, 15) is 10.1 Å². The van der Waals surface area contributed by atoms with E-state index in [4.69, 9.17) is 0 Å². The van der Waals surface area contributed by atoms with Gasteiger partial charge in [0.1, 0.15) is 0 Å². The molecule has 0 bridgehead atoms. The van der Waals surface area contributed by atoms with Gasteiger partial charge < -0.3 is 9.80 Å². The van der Waals surface area contributed by atoms with E-state index in [2.05, 4.69) is 21.7 Å². The van der Waals surface area contributed by atoms with Crippen molar-refractivity contribution in [1.29, 1.82) is 0 Å². The van der Waals surface area contributed by atoms with E-state index in [1.165, 1.54) is 69.7 Å². The molecule has 3 aliphatic rings. The molecule has 0 saturated carbocycles. The number of nitro benzene ring substituents is 1. The highest BCUT2D eigenvalue weighted by atomic mass is 16.6. The predicted molar refractivity (Wildman–Crippen MR) is 107 cm³/mol. The zero-order valence-electron chi connectivity index (χ0n) is 16.5. The number of likely N-dealkylation sites (tertiary alicyclic amines) is 1. The van der Waals surface area contributed by atoms with Gasteiger partial charge in [0.25, 0.3) is 5.69 Å². The summed E-state index contributed by atoms with van der Waals surface area (Å²) in [6.07, 6.45) is 6.92. The highest BCUT2D eigenvalue weighted by molar-refractivity contribution is 5.40. The van der Waals surface area contributed by atoms with Gasteiger partial charge in [0.15, 0.2) is 0 Å². The Morgan fingerprint density at radius 3 is 2.11 bits per heavy atom. The monoisotopic (exact) mass is 372 g/mol. The summed E-state index contributed by atoms with van der Waals surface area (Å²) in [7, 11) is 2.22. The smallest absolute Gasteiger partial charge is 0.269 e. The molecule has 0 amide bonds. The molecule has 0 N–H and O–H groups in total. The summed E-state index contributed by atoms with van der Waals surface area (Å²) in [5, 5.41) is 11.1. The molecule has 4 rings (SSSR count). The number of aryl methyl sites for hydroxylation is 2. The van der Waals surface area contributed by atoms with Gasteiger partial charge >= 0.3 is 0 Å². The van der Waals surface area contributed by atoms with Crippen molar-refractivity contribution in [2.45, 2.75) is 50.6 Å². The van der Waals surface area contributed by atoms with E-state index in [0.717, 1.165) is 25.3 Å². The normalized spacial score (nSPS) is 26.5. The summed E-state index contributed by atoms with van der Waals surface area (Å²) >= 11 is 0. The summed E-state index contributed by atoms with van der Waals surface area (Å²) in [5.74, 6) is 0. The van der Waals surface area contributed by atoms with Gasteiger partial charge in [0, 0.05) is 50.4 Å². The Hall–Kier alpha value is -1.50.